The summed E-state index contributed by atoms with van der Waals surface area (Å²) in [5.74, 6) is 0.237. The Morgan fingerprint density at radius 2 is 1.67 bits per heavy atom. The summed E-state index contributed by atoms with van der Waals surface area (Å²) in [5, 5.41) is 3.22. The van der Waals surface area contributed by atoms with Gasteiger partial charge in [0.05, 0.1) is 5.56 Å². The maximum atomic E-state index is 13.5. The molecule has 1 amide bonds. The van der Waals surface area contributed by atoms with Gasteiger partial charge in [0.25, 0.3) is 0 Å². The van der Waals surface area contributed by atoms with Crippen molar-refractivity contribution in [1.29, 1.82) is 0 Å². The molecule has 168 valence electrons. The molecule has 0 spiro atoms. The van der Waals surface area contributed by atoms with E-state index in [0.29, 0.717) is 31.9 Å². The molecule has 0 atom stereocenters. The Labute approximate surface area is 175 Å². The van der Waals surface area contributed by atoms with Crippen molar-refractivity contribution in [2.75, 3.05) is 44.2 Å². The van der Waals surface area contributed by atoms with Gasteiger partial charge in [0.15, 0.2) is 0 Å². The van der Waals surface area contributed by atoms with Crippen LogP contribution in [0, 0.1) is 0 Å². The zero-order chi connectivity index (χ0) is 21.9. The zero-order valence-electron chi connectivity index (χ0n) is 17.7. The van der Waals surface area contributed by atoms with Gasteiger partial charge in [-0.25, -0.2) is 4.79 Å². The molecule has 0 unspecified atom stereocenters. The third kappa shape index (κ3) is 6.17. The van der Waals surface area contributed by atoms with Crippen LogP contribution in [0.4, 0.5) is 23.7 Å². The molecule has 1 aromatic carbocycles. The van der Waals surface area contributed by atoms with Crippen LogP contribution in [0.3, 0.4) is 0 Å². The van der Waals surface area contributed by atoms with Crippen LogP contribution in [0.25, 0.3) is 0 Å². The molecule has 2 saturated heterocycles. The Bertz CT molecular complexity index is 735. The number of carbonyl (C=O) groups excluding carboxylic acids is 1. The number of hydrogen-bond donors (Lipinski definition) is 1. The summed E-state index contributed by atoms with van der Waals surface area (Å²) in [7, 11) is 0. The molecule has 2 aliphatic heterocycles. The summed E-state index contributed by atoms with van der Waals surface area (Å²) in [6.45, 7) is 8.60. The number of piperazine rings is 1. The number of carbonyl (C=O) groups is 1. The van der Waals surface area contributed by atoms with E-state index in [9.17, 15) is 18.0 Å². The third-order valence-corrected chi connectivity index (χ3v) is 5.10. The molecule has 9 heteroatoms. The molecule has 0 aliphatic carbocycles. The van der Waals surface area contributed by atoms with Crippen LogP contribution in [0.2, 0.25) is 0 Å². The van der Waals surface area contributed by atoms with Gasteiger partial charge < -0.3 is 24.6 Å². The van der Waals surface area contributed by atoms with Crippen LogP contribution in [-0.2, 0) is 10.9 Å². The van der Waals surface area contributed by atoms with Gasteiger partial charge in [0, 0.05) is 37.9 Å². The first kappa shape index (κ1) is 22.5. The summed E-state index contributed by atoms with van der Waals surface area (Å²) in [4.78, 5) is 15.7. The van der Waals surface area contributed by atoms with Gasteiger partial charge in [-0.1, -0.05) is 0 Å². The fourth-order valence-corrected chi connectivity index (χ4v) is 3.58. The molecule has 0 aromatic heterocycles. The van der Waals surface area contributed by atoms with E-state index in [0.717, 1.165) is 38.1 Å². The van der Waals surface area contributed by atoms with Gasteiger partial charge in [-0.2, -0.15) is 13.2 Å². The largest absolute Gasteiger partial charge is 0.490 e. The minimum Gasteiger partial charge on any atom is -0.490 e. The predicted molar refractivity (Wildman–Crippen MR) is 108 cm³/mol. The Morgan fingerprint density at radius 3 is 2.23 bits per heavy atom. The summed E-state index contributed by atoms with van der Waals surface area (Å²) in [6.07, 6.45) is -3.42. The van der Waals surface area contributed by atoms with Gasteiger partial charge in [0.1, 0.15) is 17.5 Å². The molecule has 0 saturated carbocycles. The van der Waals surface area contributed by atoms with Gasteiger partial charge in [-0.3, -0.25) is 0 Å². The highest BCUT2D eigenvalue weighted by Gasteiger charge is 2.33. The average Bonchev–Trinajstić information content (AvgIpc) is 2.67. The van der Waals surface area contributed by atoms with Gasteiger partial charge in [-0.05, 0) is 58.8 Å². The van der Waals surface area contributed by atoms with Crippen molar-refractivity contribution in [1.82, 2.24) is 10.2 Å². The third-order valence-electron chi connectivity index (χ3n) is 5.10. The molecule has 30 heavy (non-hydrogen) atoms. The second-order valence-electron chi connectivity index (χ2n) is 8.73. The van der Waals surface area contributed by atoms with Crippen LogP contribution in [-0.4, -0.2) is 62.0 Å². The lowest BCUT2D eigenvalue weighted by Gasteiger charge is -2.37. The predicted octanol–water partition coefficient (Wildman–Crippen LogP) is 3.89. The fraction of sp³-hybridized carbons (Fsp3) is 0.667. The summed E-state index contributed by atoms with van der Waals surface area (Å²) in [6, 6.07) is 3.89. The lowest BCUT2D eigenvalue weighted by Crippen LogP contribution is -2.50. The topological polar surface area (TPSA) is 54.0 Å². The molecular formula is C21H30F3N3O3. The number of nitrogens with zero attached hydrogens (tertiary/aromatic N) is 2. The van der Waals surface area contributed by atoms with Crippen molar-refractivity contribution in [3.05, 3.63) is 23.8 Å². The first-order chi connectivity index (χ1) is 14.0. The highest BCUT2D eigenvalue weighted by molar-refractivity contribution is 5.68. The standard InChI is InChI=1S/C21H30F3N3O3/c1-20(2,3)30-19(28)27-10-8-26(9-11-27)16-12-15(21(22,23)24)13-18(14-16)29-17-4-6-25-7-5-17/h12-14,17,25H,4-11H2,1-3H3. The highest BCUT2D eigenvalue weighted by Crippen LogP contribution is 2.36. The normalized spacial score (nSPS) is 19.0. The summed E-state index contributed by atoms with van der Waals surface area (Å²) >= 11 is 0. The maximum absolute atomic E-state index is 13.5. The van der Waals surface area contributed by atoms with Crippen molar-refractivity contribution in [3.8, 4) is 5.75 Å². The Kier molecular flexibility index (Phi) is 6.69. The van der Waals surface area contributed by atoms with Gasteiger partial charge >= 0.3 is 12.3 Å². The average molecular weight is 429 g/mol. The molecule has 1 N–H and O–H groups in total. The molecular weight excluding hydrogens is 399 g/mol. The molecule has 0 bridgehead atoms. The van der Waals surface area contributed by atoms with E-state index in [1.165, 1.54) is 0 Å². The smallest absolute Gasteiger partial charge is 0.416 e. The monoisotopic (exact) mass is 429 g/mol. The van der Waals surface area contributed by atoms with E-state index < -0.39 is 23.4 Å². The Morgan fingerprint density at radius 1 is 1.03 bits per heavy atom. The van der Waals surface area contributed by atoms with Crippen molar-refractivity contribution in [2.45, 2.75) is 51.5 Å². The lowest BCUT2D eigenvalue weighted by atomic mass is 10.1. The van der Waals surface area contributed by atoms with Crippen LogP contribution in [0.1, 0.15) is 39.2 Å². The maximum Gasteiger partial charge on any atom is 0.416 e. The van der Waals surface area contributed by atoms with Crippen molar-refractivity contribution in [2.24, 2.45) is 0 Å². The number of halogens is 3. The number of piperidine rings is 1. The van der Waals surface area contributed by atoms with Gasteiger partial charge in [0.2, 0.25) is 0 Å². The quantitative estimate of drug-likeness (QED) is 0.790. The molecule has 0 radical (unpaired) electrons. The van der Waals surface area contributed by atoms with E-state index in [1.54, 1.807) is 31.7 Å². The van der Waals surface area contributed by atoms with Crippen LogP contribution < -0.4 is 15.0 Å². The second-order valence-corrected chi connectivity index (χ2v) is 8.73. The minimum atomic E-state index is -4.46. The number of rotatable bonds is 3. The number of anilines is 1. The molecule has 6 nitrogen and oxygen atoms in total. The van der Waals surface area contributed by atoms with E-state index >= 15 is 0 Å². The number of benzene rings is 1. The zero-order valence-corrected chi connectivity index (χ0v) is 17.7. The number of ether oxygens (including phenoxy) is 2. The van der Waals surface area contributed by atoms with Gasteiger partial charge in [-0.15, -0.1) is 0 Å². The van der Waals surface area contributed by atoms with E-state index in [-0.39, 0.29) is 11.9 Å². The minimum absolute atomic E-state index is 0.0911. The summed E-state index contributed by atoms with van der Waals surface area (Å²) < 4.78 is 51.7. The van der Waals surface area contributed by atoms with Crippen molar-refractivity contribution >= 4 is 11.8 Å². The molecule has 2 aliphatic rings. The molecule has 1 aromatic rings. The fourth-order valence-electron chi connectivity index (χ4n) is 3.58. The number of amides is 1. The number of hydrogen-bond acceptors (Lipinski definition) is 5. The Balaban J connectivity index is 1.71. The summed E-state index contributed by atoms with van der Waals surface area (Å²) in [5.41, 5.74) is -0.855. The van der Waals surface area contributed by atoms with Crippen LogP contribution in [0.5, 0.6) is 5.75 Å². The van der Waals surface area contributed by atoms with Crippen molar-refractivity contribution in [3.63, 3.8) is 0 Å². The van der Waals surface area contributed by atoms with E-state index in [4.69, 9.17) is 9.47 Å². The lowest BCUT2D eigenvalue weighted by molar-refractivity contribution is -0.137. The number of nitrogens with one attached hydrogen (secondary N) is 1. The van der Waals surface area contributed by atoms with Crippen LogP contribution in [0.15, 0.2) is 18.2 Å². The molecule has 2 fully saturated rings. The van der Waals surface area contributed by atoms with Crippen LogP contribution >= 0.6 is 0 Å². The first-order valence-electron chi connectivity index (χ1n) is 10.3. The van der Waals surface area contributed by atoms with Crippen molar-refractivity contribution < 1.29 is 27.4 Å². The molecule has 3 rings (SSSR count). The Hall–Kier alpha value is -2.16. The van der Waals surface area contributed by atoms with E-state index in [2.05, 4.69) is 5.32 Å². The SMILES string of the molecule is CC(C)(C)OC(=O)N1CCN(c2cc(OC3CCNCC3)cc(C(F)(F)F)c2)CC1. The first-order valence-corrected chi connectivity index (χ1v) is 10.3. The molecule has 2 heterocycles. The second kappa shape index (κ2) is 8.91. The number of alkyl halides is 3. The highest BCUT2D eigenvalue weighted by atomic mass is 19.4. The van der Waals surface area contributed by atoms with E-state index in [1.807, 2.05) is 4.90 Å².